The first-order valence-corrected chi connectivity index (χ1v) is 9.01. The van der Waals surface area contributed by atoms with E-state index in [9.17, 15) is 9.59 Å². The fourth-order valence-corrected chi connectivity index (χ4v) is 2.58. The standard InChI is InChI=1S/C22H26N2O4/c1-14(2)28-20-11-9-17(13-21(20)27-5)10-12-22(26)24-19-8-6-7-18(15(19)3)23-16(4)25/h6-14H,1-5H3,(H,23,25)(H,24,26)/b12-10+. The molecule has 2 amide bonds. The largest absolute Gasteiger partial charge is 0.493 e. The summed E-state index contributed by atoms with van der Waals surface area (Å²) in [6.07, 6.45) is 3.18. The summed E-state index contributed by atoms with van der Waals surface area (Å²) >= 11 is 0. The number of amides is 2. The number of carbonyl (C=O) groups is 2. The molecule has 6 nitrogen and oxygen atoms in total. The van der Waals surface area contributed by atoms with Gasteiger partial charge in [-0.2, -0.15) is 0 Å². The van der Waals surface area contributed by atoms with Gasteiger partial charge in [0.05, 0.1) is 13.2 Å². The maximum Gasteiger partial charge on any atom is 0.248 e. The summed E-state index contributed by atoms with van der Waals surface area (Å²) in [6, 6.07) is 10.8. The Morgan fingerprint density at radius 3 is 2.32 bits per heavy atom. The van der Waals surface area contributed by atoms with Crippen molar-refractivity contribution < 1.29 is 19.1 Å². The number of carbonyl (C=O) groups excluding carboxylic acids is 2. The molecule has 0 saturated heterocycles. The van der Waals surface area contributed by atoms with Crippen LogP contribution in [0.15, 0.2) is 42.5 Å². The lowest BCUT2D eigenvalue weighted by molar-refractivity contribution is -0.114. The van der Waals surface area contributed by atoms with Crippen LogP contribution >= 0.6 is 0 Å². The Labute approximate surface area is 165 Å². The molecule has 0 bridgehead atoms. The van der Waals surface area contributed by atoms with Crippen LogP contribution in [0.1, 0.15) is 31.9 Å². The van der Waals surface area contributed by atoms with E-state index in [0.717, 1.165) is 11.1 Å². The number of methoxy groups -OCH3 is 1. The zero-order chi connectivity index (χ0) is 20.7. The molecule has 0 unspecified atom stereocenters. The Kier molecular flexibility index (Phi) is 7.21. The molecule has 0 aliphatic carbocycles. The third kappa shape index (κ3) is 5.87. The molecule has 0 aromatic heterocycles. The van der Waals surface area contributed by atoms with E-state index in [1.165, 1.54) is 13.0 Å². The van der Waals surface area contributed by atoms with E-state index in [-0.39, 0.29) is 17.9 Å². The first-order chi connectivity index (χ1) is 13.3. The lowest BCUT2D eigenvalue weighted by atomic mass is 10.1. The van der Waals surface area contributed by atoms with E-state index >= 15 is 0 Å². The van der Waals surface area contributed by atoms with Crippen LogP contribution in [0.4, 0.5) is 11.4 Å². The predicted molar refractivity (Wildman–Crippen MR) is 112 cm³/mol. The van der Waals surface area contributed by atoms with Gasteiger partial charge in [0, 0.05) is 24.4 Å². The molecule has 0 radical (unpaired) electrons. The van der Waals surface area contributed by atoms with Crippen LogP contribution in [-0.4, -0.2) is 25.0 Å². The Hall–Kier alpha value is -3.28. The van der Waals surface area contributed by atoms with E-state index < -0.39 is 0 Å². The lowest BCUT2D eigenvalue weighted by Crippen LogP contribution is -2.12. The first kappa shape index (κ1) is 21.0. The smallest absolute Gasteiger partial charge is 0.248 e. The minimum absolute atomic E-state index is 0.0394. The topological polar surface area (TPSA) is 76.7 Å². The normalized spacial score (nSPS) is 10.8. The second-order valence-electron chi connectivity index (χ2n) is 6.56. The van der Waals surface area contributed by atoms with Gasteiger partial charge in [0.25, 0.3) is 0 Å². The van der Waals surface area contributed by atoms with Crippen LogP contribution in [0.3, 0.4) is 0 Å². The SMILES string of the molecule is COc1cc(/C=C/C(=O)Nc2cccc(NC(C)=O)c2C)ccc1OC(C)C. The van der Waals surface area contributed by atoms with E-state index in [2.05, 4.69) is 10.6 Å². The van der Waals surface area contributed by atoms with Gasteiger partial charge < -0.3 is 20.1 Å². The van der Waals surface area contributed by atoms with E-state index in [0.29, 0.717) is 22.9 Å². The highest BCUT2D eigenvalue weighted by Gasteiger charge is 2.08. The van der Waals surface area contributed by atoms with Crippen LogP contribution in [0.5, 0.6) is 11.5 Å². The van der Waals surface area contributed by atoms with Crippen molar-refractivity contribution >= 4 is 29.3 Å². The van der Waals surface area contributed by atoms with Crippen molar-refractivity contribution in [2.24, 2.45) is 0 Å². The summed E-state index contributed by atoms with van der Waals surface area (Å²) in [5, 5.41) is 5.57. The summed E-state index contributed by atoms with van der Waals surface area (Å²) in [5.74, 6) is 0.828. The minimum Gasteiger partial charge on any atom is -0.493 e. The minimum atomic E-state index is -0.274. The molecule has 0 heterocycles. The van der Waals surface area contributed by atoms with E-state index in [1.807, 2.05) is 39.0 Å². The molecule has 0 atom stereocenters. The summed E-state index contributed by atoms with van der Waals surface area (Å²) in [7, 11) is 1.58. The van der Waals surface area contributed by atoms with Crippen LogP contribution in [0.2, 0.25) is 0 Å². The van der Waals surface area contributed by atoms with E-state index in [1.54, 1.807) is 31.4 Å². The van der Waals surface area contributed by atoms with Crippen molar-refractivity contribution in [3.63, 3.8) is 0 Å². The number of hydrogen-bond donors (Lipinski definition) is 2. The highest BCUT2D eigenvalue weighted by Crippen LogP contribution is 2.29. The second kappa shape index (κ2) is 9.60. The van der Waals surface area contributed by atoms with Crippen molar-refractivity contribution in [1.29, 1.82) is 0 Å². The van der Waals surface area contributed by atoms with Gasteiger partial charge in [-0.3, -0.25) is 9.59 Å². The molecule has 2 N–H and O–H groups in total. The highest BCUT2D eigenvalue weighted by atomic mass is 16.5. The Morgan fingerprint density at radius 2 is 1.71 bits per heavy atom. The van der Waals surface area contributed by atoms with Crippen molar-refractivity contribution in [2.75, 3.05) is 17.7 Å². The van der Waals surface area contributed by atoms with Gasteiger partial charge >= 0.3 is 0 Å². The highest BCUT2D eigenvalue weighted by molar-refractivity contribution is 6.03. The molecule has 28 heavy (non-hydrogen) atoms. The molecule has 0 aliphatic heterocycles. The molecule has 6 heteroatoms. The van der Waals surface area contributed by atoms with Gasteiger partial charge in [0.15, 0.2) is 11.5 Å². The Morgan fingerprint density at radius 1 is 1.04 bits per heavy atom. The zero-order valence-electron chi connectivity index (χ0n) is 16.8. The van der Waals surface area contributed by atoms with Gasteiger partial charge in [0.2, 0.25) is 11.8 Å². The van der Waals surface area contributed by atoms with E-state index in [4.69, 9.17) is 9.47 Å². The quantitative estimate of drug-likeness (QED) is 0.696. The average Bonchev–Trinajstić information content (AvgIpc) is 2.63. The summed E-state index contributed by atoms with van der Waals surface area (Å²) in [5.41, 5.74) is 2.90. The first-order valence-electron chi connectivity index (χ1n) is 9.01. The zero-order valence-corrected chi connectivity index (χ0v) is 16.8. The molecular formula is C22H26N2O4. The van der Waals surface area contributed by atoms with Crippen molar-refractivity contribution in [2.45, 2.75) is 33.8 Å². The molecule has 0 fully saturated rings. The molecule has 2 rings (SSSR count). The van der Waals surface area contributed by atoms with Crippen LogP contribution in [0.25, 0.3) is 6.08 Å². The predicted octanol–water partition coefficient (Wildman–Crippen LogP) is 4.40. The second-order valence-corrected chi connectivity index (χ2v) is 6.56. The lowest BCUT2D eigenvalue weighted by Gasteiger charge is -2.13. The molecule has 148 valence electrons. The molecule has 0 spiro atoms. The number of anilines is 2. The maximum absolute atomic E-state index is 12.3. The Bertz CT molecular complexity index is 888. The maximum atomic E-state index is 12.3. The third-order valence-corrected chi connectivity index (χ3v) is 3.88. The van der Waals surface area contributed by atoms with Crippen molar-refractivity contribution in [1.82, 2.24) is 0 Å². The number of ether oxygens (including phenoxy) is 2. The van der Waals surface area contributed by atoms with Crippen LogP contribution in [0, 0.1) is 6.92 Å². The molecule has 2 aromatic rings. The van der Waals surface area contributed by atoms with Crippen LogP contribution < -0.4 is 20.1 Å². The van der Waals surface area contributed by atoms with Crippen molar-refractivity contribution in [3.8, 4) is 11.5 Å². The summed E-state index contributed by atoms with van der Waals surface area (Å²) < 4.78 is 11.0. The Balaban J connectivity index is 2.11. The fraction of sp³-hybridized carbons (Fsp3) is 0.273. The van der Waals surface area contributed by atoms with Gasteiger partial charge in [-0.25, -0.2) is 0 Å². The number of hydrogen-bond acceptors (Lipinski definition) is 4. The number of benzene rings is 2. The number of rotatable bonds is 7. The van der Waals surface area contributed by atoms with Gasteiger partial charge in [-0.1, -0.05) is 12.1 Å². The fourth-order valence-electron chi connectivity index (χ4n) is 2.58. The van der Waals surface area contributed by atoms with Gasteiger partial charge in [-0.05, 0) is 62.2 Å². The van der Waals surface area contributed by atoms with Crippen LogP contribution in [-0.2, 0) is 9.59 Å². The molecule has 2 aromatic carbocycles. The molecule has 0 saturated carbocycles. The molecule has 0 aliphatic rings. The van der Waals surface area contributed by atoms with Gasteiger partial charge in [0.1, 0.15) is 0 Å². The monoisotopic (exact) mass is 382 g/mol. The summed E-state index contributed by atoms with van der Waals surface area (Å²) in [4.78, 5) is 23.6. The third-order valence-electron chi connectivity index (χ3n) is 3.88. The van der Waals surface area contributed by atoms with Gasteiger partial charge in [-0.15, -0.1) is 0 Å². The average molecular weight is 382 g/mol. The molecular weight excluding hydrogens is 356 g/mol. The van der Waals surface area contributed by atoms with Crippen molar-refractivity contribution in [3.05, 3.63) is 53.6 Å². The number of nitrogens with one attached hydrogen (secondary N) is 2. The summed E-state index contributed by atoms with van der Waals surface area (Å²) in [6.45, 7) is 7.17.